The van der Waals surface area contributed by atoms with Gasteiger partial charge in [-0.25, -0.2) is 4.79 Å². The Labute approximate surface area is 107 Å². The standard InChI is InChI=1S/C12H22N2O2S/c1-12(2,3)16-11(15)14-6-4-9-10(8-14)17-7-5-13-9/h9-10,13H,4-8H2,1-3H3/t9-,10+/m0/s1. The first-order valence-electron chi connectivity index (χ1n) is 6.28. The number of amides is 1. The number of likely N-dealkylation sites (tertiary alicyclic amines) is 1. The molecule has 98 valence electrons. The Morgan fingerprint density at radius 3 is 2.94 bits per heavy atom. The Balaban J connectivity index is 1.89. The lowest BCUT2D eigenvalue weighted by molar-refractivity contribution is 0.0203. The fourth-order valence-electron chi connectivity index (χ4n) is 2.27. The van der Waals surface area contributed by atoms with E-state index in [1.165, 1.54) is 0 Å². The van der Waals surface area contributed by atoms with Crippen LogP contribution in [0.15, 0.2) is 0 Å². The van der Waals surface area contributed by atoms with Crippen molar-refractivity contribution in [2.24, 2.45) is 0 Å². The van der Waals surface area contributed by atoms with Gasteiger partial charge in [-0.2, -0.15) is 11.8 Å². The molecule has 0 saturated carbocycles. The minimum absolute atomic E-state index is 0.165. The topological polar surface area (TPSA) is 41.6 Å². The van der Waals surface area contributed by atoms with Gasteiger partial charge in [-0.1, -0.05) is 0 Å². The van der Waals surface area contributed by atoms with Crippen LogP contribution in [0.3, 0.4) is 0 Å². The summed E-state index contributed by atoms with van der Waals surface area (Å²) in [4.78, 5) is 13.8. The van der Waals surface area contributed by atoms with Crippen LogP contribution >= 0.6 is 11.8 Å². The summed E-state index contributed by atoms with van der Waals surface area (Å²) in [6.45, 7) is 8.46. The molecule has 2 aliphatic rings. The fraction of sp³-hybridized carbons (Fsp3) is 0.917. The van der Waals surface area contributed by atoms with Gasteiger partial charge in [0.1, 0.15) is 5.60 Å². The van der Waals surface area contributed by atoms with Crippen LogP contribution in [0.1, 0.15) is 27.2 Å². The Kier molecular flexibility index (Phi) is 3.88. The number of thioether (sulfide) groups is 1. The first-order chi connectivity index (χ1) is 7.96. The summed E-state index contributed by atoms with van der Waals surface area (Å²) >= 11 is 1.97. The number of ether oxygens (including phenoxy) is 1. The molecular formula is C12H22N2O2S. The average Bonchev–Trinajstić information content (AvgIpc) is 2.26. The van der Waals surface area contributed by atoms with E-state index in [1.54, 1.807) is 0 Å². The van der Waals surface area contributed by atoms with Crippen LogP contribution < -0.4 is 5.32 Å². The molecule has 0 aromatic rings. The zero-order valence-electron chi connectivity index (χ0n) is 10.9. The van der Waals surface area contributed by atoms with Crippen molar-refractivity contribution in [2.75, 3.05) is 25.4 Å². The van der Waals surface area contributed by atoms with Gasteiger partial charge in [-0.15, -0.1) is 0 Å². The summed E-state index contributed by atoms with van der Waals surface area (Å²) in [6, 6.07) is 0.576. The molecule has 2 saturated heterocycles. The molecule has 0 aliphatic carbocycles. The van der Waals surface area contributed by atoms with Crippen LogP contribution in [0.2, 0.25) is 0 Å². The van der Waals surface area contributed by atoms with Crippen molar-refractivity contribution in [3.63, 3.8) is 0 Å². The van der Waals surface area contributed by atoms with Gasteiger partial charge in [0.05, 0.1) is 0 Å². The van der Waals surface area contributed by atoms with E-state index < -0.39 is 5.60 Å². The minimum Gasteiger partial charge on any atom is -0.444 e. The van der Waals surface area contributed by atoms with Crippen molar-refractivity contribution in [2.45, 2.75) is 44.1 Å². The Hall–Kier alpha value is -0.420. The number of rotatable bonds is 0. The third kappa shape index (κ3) is 3.52. The smallest absolute Gasteiger partial charge is 0.410 e. The van der Waals surface area contributed by atoms with Crippen LogP contribution in [-0.4, -0.2) is 53.3 Å². The van der Waals surface area contributed by atoms with Crippen LogP contribution in [0, 0.1) is 0 Å². The normalized spacial score (nSPS) is 29.7. The average molecular weight is 258 g/mol. The summed E-state index contributed by atoms with van der Waals surface area (Å²) in [5.74, 6) is 1.14. The molecule has 2 rings (SSSR count). The lowest BCUT2D eigenvalue weighted by atomic mass is 10.0. The molecule has 0 radical (unpaired) electrons. The summed E-state index contributed by atoms with van der Waals surface area (Å²) in [5, 5.41) is 4.06. The van der Waals surface area contributed by atoms with Crippen molar-refractivity contribution < 1.29 is 9.53 Å². The van der Waals surface area contributed by atoms with Crippen molar-refractivity contribution in [1.29, 1.82) is 0 Å². The van der Waals surface area contributed by atoms with E-state index in [4.69, 9.17) is 4.74 Å². The van der Waals surface area contributed by atoms with E-state index in [1.807, 2.05) is 37.4 Å². The van der Waals surface area contributed by atoms with Gasteiger partial charge in [0.15, 0.2) is 0 Å². The largest absolute Gasteiger partial charge is 0.444 e. The number of piperidine rings is 1. The highest BCUT2D eigenvalue weighted by molar-refractivity contribution is 8.00. The second-order valence-corrected chi connectivity index (χ2v) is 7.03. The molecule has 0 unspecified atom stereocenters. The molecule has 1 N–H and O–H groups in total. The molecule has 17 heavy (non-hydrogen) atoms. The molecule has 0 aromatic carbocycles. The lowest BCUT2D eigenvalue weighted by Crippen LogP contribution is -2.56. The van der Waals surface area contributed by atoms with Gasteiger partial charge in [0.25, 0.3) is 0 Å². The maximum atomic E-state index is 12.0. The third-order valence-electron chi connectivity index (χ3n) is 3.05. The van der Waals surface area contributed by atoms with E-state index in [0.29, 0.717) is 11.3 Å². The number of nitrogens with zero attached hydrogens (tertiary/aromatic N) is 1. The van der Waals surface area contributed by atoms with E-state index in [-0.39, 0.29) is 6.09 Å². The predicted molar refractivity (Wildman–Crippen MR) is 70.5 cm³/mol. The number of carbonyl (C=O) groups excluding carboxylic acids is 1. The number of fused-ring (bicyclic) bond motifs is 1. The minimum atomic E-state index is -0.397. The zero-order chi connectivity index (χ0) is 12.5. The van der Waals surface area contributed by atoms with Crippen molar-refractivity contribution in [1.82, 2.24) is 10.2 Å². The molecule has 0 spiro atoms. The number of hydrogen-bond donors (Lipinski definition) is 1. The van der Waals surface area contributed by atoms with E-state index in [0.717, 1.165) is 31.8 Å². The van der Waals surface area contributed by atoms with Crippen molar-refractivity contribution in [3.8, 4) is 0 Å². The lowest BCUT2D eigenvalue weighted by Gasteiger charge is -2.41. The van der Waals surface area contributed by atoms with E-state index >= 15 is 0 Å². The van der Waals surface area contributed by atoms with Gasteiger partial charge < -0.3 is 15.0 Å². The molecule has 2 fully saturated rings. The predicted octanol–water partition coefficient (Wildman–Crippen LogP) is 1.70. The van der Waals surface area contributed by atoms with Crippen LogP contribution in [0.25, 0.3) is 0 Å². The molecule has 1 amide bonds. The second kappa shape index (κ2) is 5.06. The van der Waals surface area contributed by atoms with E-state index in [2.05, 4.69) is 5.32 Å². The maximum Gasteiger partial charge on any atom is 0.410 e. The number of carbonyl (C=O) groups is 1. The van der Waals surface area contributed by atoms with Gasteiger partial charge in [-0.05, 0) is 27.2 Å². The SMILES string of the molecule is CC(C)(C)OC(=O)N1CC[C@@H]2NCCS[C@@H]2C1. The quantitative estimate of drug-likeness (QED) is 0.718. The summed E-state index contributed by atoms with van der Waals surface area (Å²) in [6.07, 6.45) is 0.874. The Morgan fingerprint density at radius 1 is 1.47 bits per heavy atom. The summed E-state index contributed by atoms with van der Waals surface area (Å²) < 4.78 is 5.41. The van der Waals surface area contributed by atoms with Crippen molar-refractivity contribution >= 4 is 17.9 Å². The zero-order valence-corrected chi connectivity index (χ0v) is 11.7. The highest BCUT2D eigenvalue weighted by Crippen LogP contribution is 2.26. The molecule has 0 aromatic heterocycles. The molecule has 5 heteroatoms. The first kappa shape index (κ1) is 13.0. The Morgan fingerprint density at radius 2 is 2.24 bits per heavy atom. The molecule has 2 heterocycles. The maximum absolute atomic E-state index is 12.0. The summed E-state index contributed by atoms with van der Waals surface area (Å²) in [5.41, 5.74) is -0.397. The molecular weight excluding hydrogens is 236 g/mol. The second-order valence-electron chi connectivity index (χ2n) is 5.68. The Bertz CT molecular complexity index is 291. The third-order valence-corrected chi connectivity index (χ3v) is 4.40. The number of hydrogen-bond acceptors (Lipinski definition) is 4. The number of nitrogens with one attached hydrogen (secondary N) is 1. The fourth-order valence-corrected chi connectivity index (χ4v) is 3.55. The summed E-state index contributed by atoms with van der Waals surface area (Å²) in [7, 11) is 0. The highest BCUT2D eigenvalue weighted by atomic mass is 32.2. The van der Waals surface area contributed by atoms with E-state index in [9.17, 15) is 4.79 Å². The monoisotopic (exact) mass is 258 g/mol. The van der Waals surface area contributed by atoms with Crippen LogP contribution in [0.5, 0.6) is 0 Å². The van der Waals surface area contributed by atoms with Gasteiger partial charge in [0.2, 0.25) is 0 Å². The molecule has 4 nitrogen and oxygen atoms in total. The molecule has 2 atom stereocenters. The van der Waals surface area contributed by atoms with Crippen LogP contribution in [0.4, 0.5) is 4.79 Å². The molecule has 2 aliphatic heterocycles. The highest BCUT2D eigenvalue weighted by Gasteiger charge is 2.34. The van der Waals surface area contributed by atoms with Gasteiger partial charge in [0, 0.05) is 36.7 Å². The van der Waals surface area contributed by atoms with Gasteiger partial charge >= 0.3 is 6.09 Å². The van der Waals surface area contributed by atoms with Crippen LogP contribution in [-0.2, 0) is 4.74 Å². The molecule has 0 bridgehead atoms. The van der Waals surface area contributed by atoms with Gasteiger partial charge in [-0.3, -0.25) is 0 Å². The van der Waals surface area contributed by atoms with Crippen molar-refractivity contribution in [3.05, 3.63) is 0 Å². The first-order valence-corrected chi connectivity index (χ1v) is 7.33.